The molecule has 144 valence electrons. The molecule has 0 radical (unpaired) electrons. The van der Waals surface area contributed by atoms with E-state index in [1.165, 1.54) is 10.6 Å². The molecule has 1 saturated heterocycles. The molecule has 1 fully saturated rings. The average molecular weight is 379 g/mol. The molecule has 0 bridgehead atoms. The summed E-state index contributed by atoms with van der Waals surface area (Å²) in [6.45, 7) is 2.57. The minimum atomic E-state index is -0.296. The summed E-state index contributed by atoms with van der Waals surface area (Å²) in [5.74, 6) is 0.817. The van der Waals surface area contributed by atoms with Crippen molar-refractivity contribution in [3.63, 3.8) is 0 Å². The summed E-state index contributed by atoms with van der Waals surface area (Å²) in [5, 5.41) is 2.70. The molecule has 8 nitrogen and oxygen atoms in total. The minimum Gasteiger partial charge on any atom is -0.497 e. The highest BCUT2D eigenvalue weighted by Gasteiger charge is 2.22. The van der Waals surface area contributed by atoms with Gasteiger partial charge in [-0.15, -0.1) is 0 Å². The summed E-state index contributed by atoms with van der Waals surface area (Å²) in [7, 11) is 1.64. The van der Waals surface area contributed by atoms with Gasteiger partial charge in [0, 0.05) is 38.1 Å². The fraction of sp³-hybridized carbons (Fsp3) is 0.250. The number of amides is 2. The van der Waals surface area contributed by atoms with Gasteiger partial charge in [-0.1, -0.05) is 6.07 Å². The smallest absolute Gasteiger partial charge is 0.322 e. The van der Waals surface area contributed by atoms with Gasteiger partial charge in [0.05, 0.1) is 13.3 Å². The highest BCUT2D eigenvalue weighted by atomic mass is 16.5. The number of rotatable bonds is 3. The number of anilines is 2. The maximum Gasteiger partial charge on any atom is 0.322 e. The number of carbonyl (C=O) groups is 1. The van der Waals surface area contributed by atoms with Crippen molar-refractivity contribution in [1.82, 2.24) is 14.3 Å². The maximum atomic E-state index is 12.6. The molecule has 0 saturated carbocycles. The highest BCUT2D eigenvalue weighted by molar-refractivity contribution is 5.89. The summed E-state index contributed by atoms with van der Waals surface area (Å²) >= 11 is 0. The van der Waals surface area contributed by atoms with E-state index in [1.54, 1.807) is 30.3 Å². The van der Waals surface area contributed by atoms with Crippen molar-refractivity contribution in [3.05, 3.63) is 65.2 Å². The van der Waals surface area contributed by atoms with Crippen LogP contribution >= 0.6 is 0 Å². The summed E-state index contributed by atoms with van der Waals surface area (Å²) in [6.07, 6.45) is 3.04. The van der Waals surface area contributed by atoms with E-state index in [0.717, 1.165) is 11.4 Å². The SMILES string of the molecule is COc1ccc(N2CCN(C(=O)Nc3cnc4ccccn4c3=O)CC2)cc1. The van der Waals surface area contributed by atoms with Gasteiger partial charge in [0.25, 0.3) is 5.56 Å². The van der Waals surface area contributed by atoms with Crippen molar-refractivity contribution < 1.29 is 9.53 Å². The van der Waals surface area contributed by atoms with Gasteiger partial charge in [0.2, 0.25) is 0 Å². The Morgan fingerprint density at radius 3 is 2.54 bits per heavy atom. The number of aromatic nitrogens is 2. The van der Waals surface area contributed by atoms with Gasteiger partial charge in [-0.25, -0.2) is 9.78 Å². The van der Waals surface area contributed by atoms with Crippen LogP contribution in [0, 0.1) is 0 Å². The summed E-state index contributed by atoms with van der Waals surface area (Å²) < 4.78 is 6.60. The van der Waals surface area contributed by atoms with Crippen molar-refractivity contribution >= 4 is 23.1 Å². The lowest BCUT2D eigenvalue weighted by Crippen LogP contribution is -2.50. The molecule has 1 aliphatic heterocycles. The van der Waals surface area contributed by atoms with E-state index in [2.05, 4.69) is 15.2 Å². The Hall–Kier alpha value is -3.55. The van der Waals surface area contributed by atoms with Crippen LogP contribution in [0.15, 0.2) is 59.7 Å². The van der Waals surface area contributed by atoms with E-state index in [0.29, 0.717) is 31.8 Å². The molecule has 2 aromatic heterocycles. The zero-order chi connectivity index (χ0) is 19.5. The molecule has 4 rings (SSSR count). The van der Waals surface area contributed by atoms with Crippen LogP contribution in [0.5, 0.6) is 5.75 Å². The molecule has 8 heteroatoms. The van der Waals surface area contributed by atoms with Gasteiger partial charge in [0.1, 0.15) is 17.1 Å². The number of hydrogen-bond donors (Lipinski definition) is 1. The molecule has 0 atom stereocenters. The molecule has 28 heavy (non-hydrogen) atoms. The Labute approximate surface area is 162 Å². The first kappa shape index (κ1) is 17.8. The predicted octanol–water partition coefficient (Wildman–Crippen LogP) is 2.06. The first-order chi connectivity index (χ1) is 13.7. The third-order valence-electron chi connectivity index (χ3n) is 4.86. The lowest BCUT2D eigenvalue weighted by atomic mass is 10.2. The lowest BCUT2D eigenvalue weighted by Gasteiger charge is -2.36. The number of methoxy groups -OCH3 is 1. The lowest BCUT2D eigenvalue weighted by molar-refractivity contribution is 0.208. The molecular weight excluding hydrogens is 358 g/mol. The zero-order valence-corrected chi connectivity index (χ0v) is 15.5. The topological polar surface area (TPSA) is 79.2 Å². The van der Waals surface area contributed by atoms with E-state index in [4.69, 9.17) is 4.74 Å². The van der Waals surface area contributed by atoms with Crippen molar-refractivity contribution in [2.75, 3.05) is 43.5 Å². The molecule has 3 heterocycles. The summed E-state index contributed by atoms with van der Waals surface area (Å²) in [4.78, 5) is 33.2. The van der Waals surface area contributed by atoms with Gasteiger partial charge < -0.3 is 19.9 Å². The van der Waals surface area contributed by atoms with Crippen LogP contribution in [-0.2, 0) is 0 Å². The van der Waals surface area contributed by atoms with E-state index < -0.39 is 0 Å². The molecular formula is C20H21N5O3. The van der Waals surface area contributed by atoms with Crippen LogP contribution in [0.25, 0.3) is 5.65 Å². The molecule has 0 aliphatic carbocycles. The third-order valence-corrected chi connectivity index (χ3v) is 4.86. The number of fused-ring (bicyclic) bond motifs is 1. The number of benzene rings is 1. The molecule has 1 N–H and O–H groups in total. The van der Waals surface area contributed by atoms with Gasteiger partial charge in [-0.3, -0.25) is 9.20 Å². The molecule has 3 aromatic rings. The zero-order valence-electron chi connectivity index (χ0n) is 15.5. The Bertz CT molecular complexity index is 1040. The first-order valence-corrected chi connectivity index (χ1v) is 9.07. The fourth-order valence-electron chi connectivity index (χ4n) is 3.27. The normalized spacial score (nSPS) is 14.2. The number of pyridine rings is 1. The van der Waals surface area contributed by atoms with Crippen molar-refractivity contribution in [3.8, 4) is 5.75 Å². The Kier molecular flexibility index (Phi) is 4.84. The number of nitrogens with one attached hydrogen (secondary N) is 1. The number of carbonyl (C=O) groups excluding carboxylic acids is 1. The highest BCUT2D eigenvalue weighted by Crippen LogP contribution is 2.20. The first-order valence-electron chi connectivity index (χ1n) is 9.07. The van der Waals surface area contributed by atoms with Crippen molar-refractivity contribution in [1.29, 1.82) is 0 Å². The third kappa shape index (κ3) is 3.48. The van der Waals surface area contributed by atoms with Crippen LogP contribution in [0.2, 0.25) is 0 Å². The largest absolute Gasteiger partial charge is 0.497 e. The summed E-state index contributed by atoms with van der Waals surface area (Å²) in [5.41, 5.74) is 1.51. The predicted molar refractivity (Wildman–Crippen MR) is 107 cm³/mol. The van der Waals surface area contributed by atoms with E-state index >= 15 is 0 Å². The number of hydrogen-bond acceptors (Lipinski definition) is 5. The fourth-order valence-corrected chi connectivity index (χ4v) is 3.27. The Balaban J connectivity index is 1.40. The quantitative estimate of drug-likeness (QED) is 0.754. The van der Waals surface area contributed by atoms with E-state index in [9.17, 15) is 9.59 Å². The number of urea groups is 1. The number of nitrogens with zero attached hydrogens (tertiary/aromatic N) is 4. The van der Waals surface area contributed by atoms with Crippen LogP contribution in [0.1, 0.15) is 0 Å². The molecule has 1 aliphatic rings. The maximum absolute atomic E-state index is 12.6. The molecule has 1 aromatic carbocycles. The minimum absolute atomic E-state index is 0.172. The van der Waals surface area contributed by atoms with E-state index in [-0.39, 0.29) is 17.3 Å². The van der Waals surface area contributed by atoms with E-state index in [1.807, 2.05) is 30.3 Å². The van der Waals surface area contributed by atoms with Gasteiger partial charge >= 0.3 is 6.03 Å². The van der Waals surface area contributed by atoms with Gasteiger partial charge in [-0.2, -0.15) is 0 Å². The molecule has 2 amide bonds. The second-order valence-corrected chi connectivity index (χ2v) is 6.51. The number of piperazine rings is 1. The Morgan fingerprint density at radius 1 is 1.07 bits per heavy atom. The average Bonchev–Trinajstić information content (AvgIpc) is 2.76. The van der Waals surface area contributed by atoms with Crippen molar-refractivity contribution in [2.24, 2.45) is 0 Å². The second-order valence-electron chi connectivity index (χ2n) is 6.51. The van der Waals surface area contributed by atoms with Crippen LogP contribution < -0.4 is 20.5 Å². The van der Waals surface area contributed by atoms with Crippen LogP contribution in [-0.4, -0.2) is 53.6 Å². The number of ether oxygens (including phenoxy) is 1. The second kappa shape index (κ2) is 7.59. The summed E-state index contributed by atoms with van der Waals surface area (Å²) in [6, 6.07) is 12.9. The molecule has 0 unspecified atom stereocenters. The van der Waals surface area contributed by atoms with Crippen molar-refractivity contribution in [2.45, 2.75) is 0 Å². The van der Waals surface area contributed by atoms with Gasteiger partial charge in [0.15, 0.2) is 0 Å². The Morgan fingerprint density at radius 2 is 1.82 bits per heavy atom. The monoisotopic (exact) mass is 379 g/mol. The van der Waals surface area contributed by atoms with Crippen LogP contribution in [0.4, 0.5) is 16.2 Å². The van der Waals surface area contributed by atoms with Crippen LogP contribution in [0.3, 0.4) is 0 Å². The van der Waals surface area contributed by atoms with Gasteiger partial charge in [-0.05, 0) is 36.4 Å². The molecule has 0 spiro atoms. The standard InChI is InChI=1S/C20H21N5O3/c1-28-16-7-5-15(6-8-16)23-10-12-24(13-11-23)20(27)22-17-14-21-18-4-2-3-9-25(18)19(17)26/h2-9,14H,10-13H2,1H3,(H,22,27).